The molecule has 1 N–H and O–H groups in total. The predicted molar refractivity (Wildman–Crippen MR) is 55.9 cm³/mol. The van der Waals surface area contributed by atoms with Crippen LogP contribution in [0.2, 0.25) is 0 Å². The minimum atomic E-state index is -0.505. The Morgan fingerprint density at radius 2 is 2.27 bits per heavy atom. The highest BCUT2D eigenvalue weighted by atomic mass is 16.5. The van der Waals surface area contributed by atoms with Crippen LogP contribution in [0.15, 0.2) is 18.3 Å². The molecule has 1 atom stereocenters. The normalized spacial score (nSPS) is 11.9. The summed E-state index contributed by atoms with van der Waals surface area (Å²) in [6, 6.07) is 3.43. The van der Waals surface area contributed by atoms with Gasteiger partial charge in [-0.05, 0) is 19.1 Å². The Morgan fingerprint density at radius 3 is 2.87 bits per heavy atom. The monoisotopic (exact) mass is 210 g/mol. The second-order valence-electron chi connectivity index (χ2n) is 2.93. The van der Waals surface area contributed by atoms with Gasteiger partial charge in [0.1, 0.15) is 11.8 Å². The van der Waals surface area contributed by atoms with Crippen molar-refractivity contribution in [3.63, 3.8) is 0 Å². The van der Waals surface area contributed by atoms with Crippen molar-refractivity contribution in [2.24, 2.45) is 0 Å². The van der Waals surface area contributed by atoms with Crippen molar-refractivity contribution in [2.75, 3.05) is 19.5 Å². The van der Waals surface area contributed by atoms with Gasteiger partial charge in [-0.2, -0.15) is 0 Å². The molecular formula is C10H14N2O3. The maximum atomic E-state index is 11.5. The largest absolute Gasteiger partial charge is 0.480 e. The molecule has 0 saturated carbocycles. The number of nitrogens with zero attached hydrogens (tertiary/aromatic N) is 1. The van der Waals surface area contributed by atoms with Crippen LogP contribution in [0.25, 0.3) is 0 Å². The van der Waals surface area contributed by atoms with E-state index in [9.17, 15) is 4.79 Å². The van der Waals surface area contributed by atoms with Crippen molar-refractivity contribution in [3.8, 4) is 5.88 Å². The summed E-state index contributed by atoms with van der Waals surface area (Å²) < 4.78 is 9.88. The minimum absolute atomic E-state index is 0.233. The van der Waals surface area contributed by atoms with E-state index < -0.39 is 6.10 Å². The zero-order valence-electron chi connectivity index (χ0n) is 8.98. The molecule has 0 bridgehead atoms. The SMILES string of the molecule is COc1ncccc1NC(=O)C(C)OC. The molecule has 82 valence electrons. The summed E-state index contributed by atoms with van der Waals surface area (Å²) in [5.74, 6) is 0.151. The number of anilines is 1. The lowest BCUT2D eigenvalue weighted by Gasteiger charge is -2.11. The molecule has 0 saturated heterocycles. The second kappa shape index (κ2) is 5.31. The highest BCUT2D eigenvalue weighted by Gasteiger charge is 2.13. The lowest BCUT2D eigenvalue weighted by molar-refractivity contribution is -0.124. The maximum Gasteiger partial charge on any atom is 0.253 e. The second-order valence-corrected chi connectivity index (χ2v) is 2.93. The summed E-state index contributed by atoms with van der Waals surface area (Å²) >= 11 is 0. The Kier molecular flexibility index (Phi) is 4.05. The van der Waals surface area contributed by atoms with Crippen LogP contribution in [-0.2, 0) is 9.53 Å². The van der Waals surface area contributed by atoms with Gasteiger partial charge in [0, 0.05) is 13.3 Å². The molecule has 0 aromatic carbocycles. The number of carbonyl (C=O) groups excluding carboxylic acids is 1. The highest BCUT2D eigenvalue weighted by molar-refractivity contribution is 5.94. The van der Waals surface area contributed by atoms with Crippen molar-refractivity contribution >= 4 is 11.6 Å². The maximum absolute atomic E-state index is 11.5. The lowest BCUT2D eigenvalue weighted by atomic mass is 10.3. The molecule has 0 aliphatic heterocycles. The molecule has 0 aliphatic carbocycles. The van der Waals surface area contributed by atoms with Gasteiger partial charge in [0.25, 0.3) is 5.91 Å². The number of aromatic nitrogens is 1. The van der Waals surface area contributed by atoms with Gasteiger partial charge in [-0.3, -0.25) is 4.79 Å². The Morgan fingerprint density at radius 1 is 1.53 bits per heavy atom. The van der Waals surface area contributed by atoms with Gasteiger partial charge in [-0.25, -0.2) is 4.98 Å². The van der Waals surface area contributed by atoms with Gasteiger partial charge in [0.2, 0.25) is 5.88 Å². The van der Waals surface area contributed by atoms with E-state index in [0.717, 1.165) is 0 Å². The Balaban J connectivity index is 2.76. The third kappa shape index (κ3) is 2.92. The molecule has 1 unspecified atom stereocenters. The average molecular weight is 210 g/mol. The zero-order valence-corrected chi connectivity index (χ0v) is 8.98. The van der Waals surface area contributed by atoms with Crippen LogP contribution in [0, 0.1) is 0 Å². The van der Waals surface area contributed by atoms with E-state index in [0.29, 0.717) is 11.6 Å². The molecule has 5 nitrogen and oxygen atoms in total. The molecule has 1 aromatic rings. The first-order valence-electron chi connectivity index (χ1n) is 4.51. The number of amides is 1. The van der Waals surface area contributed by atoms with Crippen molar-refractivity contribution in [3.05, 3.63) is 18.3 Å². The fourth-order valence-corrected chi connectivity index (χ4v) is 0.990. The summed E-state index contributed by atoms with van der Waals surface area (Å²) in [6.07, 6.45) is 1.09. The number of hydrogen-bond acceptors (Lipinski definition) is 4. The third-order valence-electron chi connectivity index (χ3n) is 1.95. The molecule has 0 spiro atoms. The number of pyridine rings is 1. The van der Waals surface area contributed by atoms with Crippen molar-refractivity contribution in [1.29, 1.82) is 0 Å². The van der Waals surface area contributed by atoms with Crippen LogP contribution in [0.4, 0.5) is 5.69 Å². The minimum Gasteiger partial charge on any atom is -0.480 e. The molecule has 0 fully saturated rings. The zero-order chi connectivity index (χ0) is 11.3. The van der Waals surface area contributed by atoms with E-state index in [1.807, 2.05) is 0 Å². The van der Waals surface area contributed by atoms with Gasteiger partial charge >= 0.3 is 0 Å². The van der Waals surface area contributed by atoms with E-state index in [4.69, 9.17) is 9.47 Å². The van der Waals surface area contributed by atoms with E-state index in [1.54, 1.807) is 25.3 Å². The molecule has 0 aliphatic rings. The van der Waals surface area contributed by atoms with E-state index in [2.05, 4.69) is 10.3 Å². The number of carbonyl (C=O) groups is 1. The summed E-state index contributed by atoms with van der Waals surface area (Å²) in [4.78, 5) is 15.4. The molecule has 0 radical (unpaired) electrons. The Labute approximate surface area is 88.4 Å². The van der Waals surface area contributed by atoms with Crippen LogP contribution in [0.5, 0.6) is 5.88 Å². The summed E-state index contributed by atoms with van der Waals surface area (Å²) in [6.45, 7) is 1.66. The van der Waals surface area contributed by atoms with E-state index in [-0.39, 0.29) is 5.91 Å². The van der Waals surface area contributed by atoms with Gasteiger partial charge in [0.15, 0.2) is 0 Å². The van der Waals surface area contributed by atoms with Crippen molar-refractivity contribution < 1.29 is 14.3 Å². The molecule has 1 rings (SSSR count). The fraction of sp³-hybridized carbons (Fsp3) is 0.400. The summed E-state index contributed by atoms with van der Waals surface area (Å²) in [5, 5.41) is 2.66. The van der Waals surface area contributed by atoms with E-state index in [1.165, 1.54) is 14.2 Å². The quantitative estimate of drug-likeness (QED) is 0.807. The smallest absolute Gasteiger partial charge is 0.253 e. The standard InChI is InChI=1S/C10H14N2O3/c1-7(14-2)9(13)12-8-5-4-6-11-10(8)15-3/h4-7H,1-3H3,(H,12,13). The molecule has 1 aromatic heterocycles. The van der Waals surface area contributed by atoms with Crippen LogP contribution in [0.3, 0.4) is 0 Å². The van der Waals surface area contributed by atoms with Crippen LogP contribution >= 0.6 is 0 Å². The van der Waals surface area contributed by atoms with Gasteiger partial charge in [0.05, 0.1) is 7.11 Å². The molecule has 1 amide bonds. The number of ether oxygens (including phenoxy) is 2. The van der Waals surface area contributed by atoms with E-state index >= 15 is 0 Å². The topological polar surface area (TPSA) is 60.5 Å². The first kappa shape index (κ1) is 11.5. The van der Waals surface area contributed by atoms with Gasteiger partial charge in [-0.15, -0.1) is 0 Å². The average Bonchev–Trinajstić information content (AvgIpc) is 2.28. The number of rotatable bonds is 4. The molecular weight excluding hydrogens is 196 g/mol. The van der Waals surface area contributed by atoms with Crippen LogP contribution in [-0.4, -0.2) is 31.2 Å². The third-order valence-corrected chi connectivity index (χ3v) is 1.95. The molecule has 1 heterocycles. The van der Waals surface area contributed by atoms with Crippen molar-refractivity contribution in [1.82, 2.24) is 4.98 Å². The number of nitrogens with one attached hydrogen (secondary N) is 1. The van der Waals surface area contributed by atoms with Crippen LogP contribution < -0.4 is 10.1 Å². The van der Waals surface area contributed by atoms with Crippen molar-refractivity contribution in [2.45, 2.75) is 13.0 Å². The fourth-order valence-electron chi connectivity index (χ4n) is 0.990. The Hall–Kier alpha value is -1.62. The van der Waals surface area contributed by atoms with Gasteiger partial charge in [-0.1, -0.05) is 0 Å². The number of hydrogen-bond donors (Lipinski definition) is 1. The first-order valence-corrected chi connectivity index (χ1v) is 4.51. The van der Waals surface area contributed by atoms with Gasteiger partial charge < -0.3 is 14.8 Å². The predicted octanol–water partition coefficient (Wildman–Crippen LogP) is 1.06. The first-order chi connectivity index (χ1) is 7.19. The Bertz CT molecular complexity index is 341. The summed E-state index contributed by atoms with van der Waals surface area (Å²) in [5.41, 5.74) is 0.536. The van der Waals surface area contributed by atoms with Crippen LogP contribution in [0.1, 0.15) is 6.92 Å². The lowest BCUT2D eigenvalue weighted by Crippen LogP contribution is -2.26. The summed E-state index contributed by atoms with van der Waals surface area (Å²) in [7, 11) is 2.97. The molecule has 5 heteroatoms. The molecule has 15 heavy (non-hydrogen) atoms. The number of methoxy groups -OCH3 is 2. The highest BCUT2D eigenvalue weighted by Crippen LogP contribution is 2.19.